The molecule has 2 aliphatic heterocycles. The van der Waals surface area contributed by atoms with Crippen molar-refractivity contribution in [2.75, 3.05) is 33.7 Å². The van der Waals surface area contributed by atoms with E-state index in [1.54, 1.807) is 9.80 Å². The monoisotopic (exact) mass is 422 g/mol. The highest BCUT2D eigenvalue weighted by Crippen LogP contribution is 2.53. The predicted octanol–water partition coefficient (Wildman–Crippen LogP) is 3.89. The summed E-state index contributed by atoms with van der Waals surface area (Å²) in [7, 11) is 3.63. The van der Waals surface area contributed by atoms with Crippen LogP contribution in [0.2, 0.25) is 0 Å². The van der Waals surface area contributed by atoms with Crippen molar-refractivity contribution in [2.45, 2.75) is 51.1 Å². The first-order valence-electron chi connectivity index (χ1n) is 11.6. The molecule has 6 nitrogen and oxygen atoms in total. The van der Waals surface area contributed by atoms with Crippen LogP contribution in [0.4, 0.5) is 4.79 Å². The molecule has 0 radical (unpaired) electrons. The minimum absolute atomic E-state index is 0.104. The minimum Gasteiger partial charge on any atom is -0.331 e. The number of hydrogen-bond acceptors (Lipinski definition) is 2. The molecule has 2 heterocycles. The lowest BCUT2D eigenvalue weighted by atomic mass is 9.75. The van der Waals surface area contributed by atoms with E-state index in [9.17, 15) is 9.59 Å². The maximum atomic E-state index is 13.0. The van der Waals surface area contributed by atoms with Crippen LogP contribution in [0.1, 0.15) is 44.1 Å². The molecule has 4 rings (SSSR count). The lowest BCUT2D eigenvalue weighted by Gasteiger charge is -2.32. The third-order valence-corrected chi connectivity index (χ3v) is 7.60. The minimum atomic E-state index is -0.258. The molecule has 0 spiro atoms. The Balaban J connectivity index is 1.45. The molecule has 3 aliphatic rings. The van der Waals surface area contributed by atoms with Gasteiger partial charge in [-0.15, -0.1) is 0 Å². The van der Waals surface area contributed by atoms with Gasteiger partial charge in [-0.2, -0.15) is 0 Å². The van der Waals surface area contributed by atoms with Crippen LogP contribution in [0.3, 0.4) is 0 Å². The molecule has 1 aromatic carbocycles. The number of carbonyl (C=O) groups is 2. The first kappa shape index (κ1) is 21.7. The van der Waals surface area contributed by atoms with E-state index in [4.69, 9.17) is 6.57 Å². The normalized spacial score (nSPS) is 29.6. The molecule has 4 atom stereocenters. The molecule has 0 bridgehead atoms. The van der Waals surface area contributed by atoms with Crippen molar-refractivity contribution >= 4 is 11.9 Å². The molecule has 2 saturated heterocycles. The Morgan fingerprint density at radius 2 is 1.84 bits per heavy atom. The Morgan fingerprint density at radius 3 is 2.45 bits per heavy atom. The number of rotatable bonds is 5. The van der Waals surface area contributed by atoms with Gasteiger partial charge in [-0.05, 0) is 54.9 Å². The zero-order chi connectivity index (χ0) is 22.0. The van der Waals surface area contributed by atoms with Crippen LogP contribution in [0.25, 0.3) is 4.85 Å². The second-order valence-corrected chi connectivity index (χ2v) is 10.0. The maximum absolute atomic E-state index is 13.0. The summed E-state index contributed by atoms with van der Waals surface area (Å²) in [5.41, 5.74) is 1.43. The molecule has 3 amide bonds. The smallest absolute Gasteiger partial charge is 0.319 e. The van der Waals surface area contributed by atoms with Gasteiger partial charge in [-0.3, -0.25) is 14.5 Å². The molecule has 0 aromatic heterocycles. The topological polar surface area (TPSA) is 48.2 Å². The highest BCUT2D eigenvalue weighted by molar-refractivity contribution is 5.77. The molecule has 31 heavy (non-hydrogen) atoms. The van der Waals surface area contributed by atoms with Crippen molar-refractivity contribution in [1.82, 2.24) is 14.7 Å². The summed E-state index contributed by atoms with van der Waals surface area (Å²) < 4.78 is 0. The second kappa shape index (κ2) is 8.90. The maximum Gasteiger partial charge on any atom is 0.319 e. The molecular formula is C25H34N4O2. The van der Waals surface area contributed by atoms with Gasteiger partial charge in [0.1, 0.15) is 0 Å². The van der Waals surface area contributed by atoms with Crippen molar-refractivity contribution in [3.63, 3.8) is 0 Å². The van der Waals surface area contributed by atoms with Crippen LogP contribution >= 0.6 is 0 Å². The first-order valence-corrected chi connectivity index (χ1v) is 11.6. The summed E-state index contributed by atoms with van der Waals surface area (Å²) in [6, 6.07) is 10.7. The van der Waals surface area contributed by atoms with Gasteiger partial charge < -0.3 is 9.80 Å². The summed E-state index contributed by atoms with van der Waals surface area (Å²) in [6.07, 6.45) is 6.02. The van der Waals surface area contributed by atoms with E-state index in [1.807, 2.05) is 25.1 Å². The molecule has 1 saturated carbocycles. The average molecular weight is 423 g/mol. The van der Waals surface area contributed by atoms with Crippen LogP contribution in [0.5, 0.6) is 0 Å². The van der Waals surface area contributed by atoms with Crippen LogP contribution in [-0.2, 0) is 11.2 Å². The summed E-state index contributed by atoms with van der Waals surface area (Å²) in [5.74, 6) is 1.18. The van der Waals surface area contributed by atoms with Crippen molar-refractivity contribution in [3.05, 3.63) is 47.3 Å². The Morgan fingerprint density at radius 1 is 1.16 bits per heavy atom. The van der Waals surface area contributed by atoms with E-state index in [0.717, 1.165) is 58.2 Å². The third-order valence-electron chi connectivity index (χ3n) is 7.60. The van der Waals surface area contributed by atoms with Crippen molar-refractivity contribution in [2.24, 2.45) is 17.3 Å². The number of benzene rings is 1. The SMILES string of the molecule is [C-]#[N+][C@@H]1CCCN1C(=O)CCC1(Cc2ccccc2)C[C@H]2CN(C(=O)N(C)C)C[C@H]2C1. The van der Waals surface area contributed by atoms with Gasteiger partial charge in [0.25, 0.3) is 0 Å². The number of amides is 3. The zero-order valence-corrected chi connectivity index (χ0v) is 18.8. The average Bonchev–Trinajstić information content (AvgIpc) is 3.46. The summed E-state index contributed by atoms with van der Waals surface area (Å²) >= 11 is 0. The summed E-state index contributed by atoms with van der Waals surface area (Å²) in [6.45, 7) is 9.76. The van der Waals surface area contributed by atoms with Gasteiger partial charge in [0.15, 0.2) is 0 Å². The van der Waals surface area contributed by atoms with E-state index in [2.05, 4.69) is 29.1 Å². The number of nitrogens with zero attached hydrogens (tertiary/aromatic N) is 4. The second-order valence-electron chi connectivity index (χ2n) is 10.0. The molecule has 1 aromatic rings. The number of hydrogen-bond donors (Lipinski definition) is 0. The van der Waals surface area contributed by atoms with Gasteiger partial charge in [-0.1, -0.05) is 30.3 Å². The van der Waals surface area contributed by atoms with Gasteiger partial charge in [-0.25, -0.2) is 11.4 Å². The quantitative estimate of drug-likeness (QED) is 0.676. The predicted molar refractivity (Wildman–Crippen MR) is 120 cm³/mol. The van der Waals surface area contributed by atoms with E-state index in [1.165, 1.54) is 5.56 Å². The van der Waals surface area contributed by atoms with Gasteiger partial charge in [0.05, 0.1) is 0 Å². The van der Waals surface area contributed by atoms with Gasteiger partial charge in [0.2, 0.25) is 5.91 Å². The molecule has 0 N–H and O–H groups in total. The highest BCUT2D eigenvalue weighted by atomic mass is 16.2. The Kier molecular flexibility index (Phi) is 6.22. The van der Waals surface area contributed by atoms with E-state index >= 15 is 0 Å². The fourth-order valence-corrected chi connectivity index (χ4v) is 6.19. The Hall–Kier alpha value is -2.55. The zero-order valence-electron chi connectivity index (χ0n) is 18.8. The van der Waals surface area contributed by atoms with Crippen molar-refractivity contribution in [3.8, 4) is 0 Å². The van der Waals surface area contributed by atoms with E-state index in [0.29, 0.717) is 18.3 Å². The van der Waals surface area contributed by atoms with Crippen LogP contribution in [-0.4, -0.2) is 66.5 Å². The molecule has 1 unspecified atom stereocenters. The number of carbonyl (C=O) groups excluding carboxylic acids is 2. The molecule has 1 aliphatic carbocycles. The molecule has 3 fully saturated rings. The van der Waals surface area contributed by atoms with E-state index < -0.39 is 0 Å². The van der Waals surface area contributed by atoms with E-state index in [-0.39, 0.29) is 23.5 Å². The number of likely N-dealkylation sites (tertiary alicyclic amines) is 2. The standard InChI is InChI=1S/C25H34N4O2/c1-26-22-10-7-13-29(22)23(30)11-12-25(14-19-8-5-4-6-9-19)15-20-17-28(18-21(20)16-25)24(31)27(2)3/h4-6,8-9,20-22H,7,10-18H2,2-3H3/t20-,21+,22-,25?/m0/s1. The Bertz CT molecular complexity index is 833. The van der Waals surface area contributed by atoms with Crippen molar-refractivity contribution in [1.29, 1.82) is 0 Å². The summed E-state index contributed by atoms with van der Waals surface area (Å²) in [4.78, 5) is 34.5. The first-order chi connectivity index (χ1) is 14.9. The van der Waals surface area contributed by atoms with Crippen LogP contribution < -0.4 is 0 Å². The van der Waals surface area contributed by atoms with Crippen molar-refractivity contribution < 1.29 is 9.59 Å². The van der Waals surface area contributed by atoms with Gasteiger partial charge in [0, 0.05) is 46.6 Å². The molecule has 166 valence electrons. The number of fused-ring (bicyclic) bond motifs is 1. The third kappa shape index (κ3) is 4.56. The fraction of sp³-hybridized carbons (Fsp3) is 0.640. The molecular weight excluding hydrogens is 388 g/mol. The largest absolute Gasteiger partial charge is 0.331 e. The fourth-order valence-electron chi connectivity index (χ4n) is 6.19. The summed E-state index contributed by atoms with van der Waals surface area (Å²) in [5, 5.41) is 0. The lowest BCUT2D eigenvalue weighted by molar-refractivity contribution is -0.132. The van der Waals surface area contributed by atoms with Gasteiger partial charge >= 0.3 is 12.2 Å². The van der Waals surface area contributed by atoms with Crippen LogP contribution in [0.15, 0.2) is 30.3 Å². The Labute approximate surface area is 186 Å². The van der Waals surface area contributed by atoms with Crippen LogP contribution in [0, 0.1) is 23.8 Å². The highest BCUT2D eigenvalue weighted by Gasteiger charge is 2.50. The number of urea groups is 1. The molecule has 6 heteroatoms. The lowest BCUT2D eigenvalue weighted by Crippen LogP contribution is -2.39.